The number of H-pyrrole nitrogens is 1. The van der Waals surface area contributed by atoms with Gasteiger partial charge in [-0.1, -0.05) is 11.6 Å². The van der Waals surface area contributed by atoms with Crippen molar-refractivity contribution in [1.82, 2.24) is 15.5 Å². The Morgan fingerprint density at radius 2 is 1.90 bits per heavy atom. The van der Waals surface area contributed by atoms with Gasteiger partial charge >= 0.3 is 12.1 Å². The summed E-state index contributed by atoms with van der Waals surface area (Å²) in [4.78, 5) is 21.2. The van der Waals surface area contributed by atoms with Gasteiger partial charge in [0.2, 0.25) is 0 Å². The molecule has 2 aromatic rings. The van der Waals surface area contributed by atoms with Crippen LogP contribution in [0.2, 0.25) is 5.02 Å². The minimum Gasteiger partial charge on any atom is -0.485 e. The number of nitrogens with one attached hydrogen (secondary N) is 3. The number of carbonyl (C=O) groups excluding carboxylic acids is 1. The molecular formula is C18H17ClF4N4O4. The summed E-state index contributed by atoms with van der Waals surface area (Å²) >= 11 is 6.20. The van der Waals surface area contributed by atoms with Crippen LogP contribution in [0.25, 0.3) is 0 Å². The molecule has 0 spiro atoms. The van der Waals surface area contributed by atoms with Gasteiger partial charge in [-0.25, -0.2) is 9.18 Å². The molecule has 1 aromatic heterocycles. The molecule has 168 valence electrons. The number of aromatic amines is 1. The van der Waals surface area contributed by atoms with Crippen molar-refractivity contribution in [1.29, 1.82) is 0 Å². The molecule has 0 bridgehead atoms. The summed E-state index contributed by atoms with van der Waals surface area (Å²) in [6.07, 6.45) is -3.00. The lowest BCUT2D eigenvalue weighted by atomic mass is 10.2. The van der Waals surface area contributed by atoms with Crippen molar-refractivity contribution in [2.45, 2.75) is 31.0 Å². The zero-order valence-electron chi connectivity index (χ0n) is 15.7. The van der Waals surface area contributed by atoms with E-state index in [1.807, 2.05) is 0 Å². The Hall–Kier alpha value is -2.86. The Balaban J connectivity index is 0.000000339. The van der Waals surface area contributed by atoms with Gasteiger partial charge in [0, 0.05) is 30.8 Å². The quantitative estimate of drug-likeness (QED) is 0.504. The molecule has 13 heteroatoms. The van der Waals surface area contributed by atoms with E-state index in [0.29, 0.717) is 29.7 Å². The molecule has 1 aliphatic heterocycles. The maximum atomic E-state index is 14.1. The number of rotatable bonds is 5. The molecule has 2 fully saturated rings. The fraction of sp³-hybridized carbons (Fsp3) is 0.389. The monoisotopic (exact) mass is 464 g/mol. The lowest BCUT2D eigenvalue weighted by Gasteiger charge is -2.28. The maximum absolute atomic E-state index is 14.1. The number of hydrogen-bond donors (Lipinski definition) is 4. The van der Waals surface area contributed by atoms with Gasteiger partial charge in [-0.3, -0.25) is 9.89 Å². The van der Waals surface area contributed by atoms with Crippen molar-refractivity contribution in [3.05, 3.63) is 40.4 Å². The van der Waals surface area contributed by atoms with E-state index in [1.165, 1.54) is 12.1 Å². The predicted molar refractivity (Wildman–Crippen MR) is 101 cm³/mol. The number of aromatic nitrogens is 2. The van der Waals surface area contributed by atoms with Crippen molar-refractivity contribution in [2.24, 2.45) is 0 Å². The van der Waals surface area contributed by atoms with Crippen LogP contribution in [0.3, 0.4) is 0 Å². The minimum absolute atomic E-state index is 0.0105. The maximum Gasteiger partial charge on any atom is 0.490 e. The van der Waals surface area contributed by atoms with Crippen LogP contribution in [-0.2, 0) is 4.79 Å². The first-order valence-electron chi connectivity index (χ1n) is 9.08. The average molecular weight is 465 g/mol. The SMILES string of the molecule is O=C(Nc1ccc(OC2CNC2)c(F)c1)c1n[nH]c(C2CC2)c1Cl.O=C(O)C(F)(F)F. The zero-order valence-corrected chi connectivity index (χ0v) is 16.5. The molecule has 0 atom stereocenters. The second-order valence-corrected chi connectivity index (χ2v) is 7.25. The number of amides is 1. The molecule has 8 nitrogen and oxygen atoms in total. The molecule has 0 unspecified atom stereocenters. The lowest BCUT2D eigenvalue weighted by Crippen LogP contribution is -2.50. The minimum atomic E-state index is -5.08. The van der Waals surface area contributed by atoms with Gasteiger partial charge in [0.05, 0.1) is 10.7 Å². The van der Waals surface area contributed by atoms with E-state index in [-0.39, 0.29) is 17.5 Å². The highest BCUT2D eigenvalue weighted by Crippen LogP contribution is 2.42. The number of aliphatic carboxylic acids is 1. The van der Waals surface area contributed by atoms with Crippen LogP contribution in [0.4, 0.5) is 23.2 Å². The zero-order chi connectivity index (χ0) is 22.8. The fourth-order valence-electron chi connectivity index (χ4n) is 2.52. The van der Waals surface area contributed by atoms with Gasteiger partial charge < -0.3 is 20.5 Å². The van der Waals surface area contributed by atoms with Crippen molar-refractivity contribution in [3.63, 3.8) is 0 Å². The van der Waals surface area contributed by atoms with Crippen molar-refractivity contribution >= 4 is 29.2 Å². The highest BCUT2D eigenvalue weighted by molar-refractivity contribution is 6.34. The van der Waals surface area contributed by atoms with Gasteiger partial charge in [-0.2, -0.15) is 18.3 Å². The smallest absolute Gasteiger partial charge is 0.485 e. The summed E-state index contributed by atoms with van der Waals surface area (Å²) in [7, 11) is 0. The number of hydrogen-bond acceptors (Lipinski definition) is 5. The Morgan fingerprint density at radius 3 is 2.39 bits per heavy atom. The van der Waals surface area contributed by atoms with E-state index in [9.17, 15) is 22.4 Å². The third-order valence-corrected chi connectivity index (χ3v) is 4.79. The van der Waals surface area contributed by atoms with E-state index >= 15 is 0 Å². The Labute approximate surface area is 177 Å². The van der Waals surface area contributed by atoms with E-state index in [0.717, 1.165) is 18.5 Å². The van der Waals surface area contributed by atoms with Gasteiger partial charge in [0.15, 0.2) is 17.3 Å². The first-order valence-corrected chi connectivity index (χ1v) is 9.46. The molecule has 1 aliphatic carbocycles. The molecule has 2 heterocycles. The standard InChI is InChI=1S/C16H16ClFN4O2.C2HF3O2/c17-13-14(8-1-2-8)21-22-15(13)16(23)20-9-3-4-12(11(18)5-9)24-10-6-19-7-10;3-2(4,5)1(6)7/h3-5,8,10,19H,1-2,6-7H2,(H,20,23)(H,21,22);(H,6,7). The topological polar surface area (TPSA) is 116 Å². The summed E-state index contributed by atoms with van der Waals surface area (Å²) in [5.41, 5.74) is 1.24. The lowest BCUT2D eigenvalue weighted by molar-refractivity contribution is -0.192. The summed E-state index contributed by atoms with van der Waals surface area (Å²) < 4.78 is 51.3. The Bertz CT molecular complexity index is 974. The second kappa shape index (κ2) is 9.10. The van der Waals surface area contributed by atoms with Gasteiger partial charge in [-0.05, 0) is 25.0 Å². The fourth-order valence-corrected chi connectivity index (χ4v) is 2.85. The van der Waals surface area contributed by atoms with Gasteiger partial charge in [0.25, 0.3) is 5.91 Å². The number of ether oxygens (including phenoxy) is 1. The summed E-state index contributed by atoms with van der Waals surface area (Å²) in [6.45, 7) is 1.41. The number of carboxylic acids is 1. The number of anilines is 1. The van der Waals surface area contributed by atoms with E-state index in [1.54, 1.807) is 6.07 Å². The Kier molecular flexibility index (Phi) is 6.70. The van der Waals surface area contributed by atoms with Crippen molar-refractivity contribution in [2.75, 3.05) is 18.4 Å². The predicted octanol–water partition coefficient (Wildman–Crippen LogP) is 3.32. The normalized spacial score (nSPS) is 16.0. The van der Waals surface area contributed by atoms with E-state index in [4.69, 9.17) is 26.2 Å². The average Bonchev–Trinajstić information content (AvgIpc) is 3.41. The van der Waals surface area contributed by atoms with Gasteiger partial charge in [-0.15, -0.1) is 0 Å². The second-order valence-electron chi connectivity index (χ2n) is 6.87. The van der Waals surface area contributed by atoms with Gasteiger partial charge in [0.1, 0.15) is 6.10 Å². The van der Waals surface area contributed by atoms with E-state index < -0.39 is 23.9 Å². The van der Waals surface area contributed by atoms with E-state index in [2.05, 4.69) is 20.8 Å². The van der Waals surface area contributed by atoms with Crippen LogP contribution in [0.5, 0.6) is 5.75 Å². The number of alkyl halides is 3. The van der Waals surface area contributed by atoms with Crippen LogP contribution in [-0.4, -0.2) is 52.6 Å². The molecule has 4 N–H and O–H groups in total. The third-order valence-electron chi connectivity index (χ3n) is 4.40. The van der Waals surface area contributed by atoms with Crippen LogP contribution in [0.15, 0.2) is 18.2 Å². The Morgan fingerprint density at radius 1 is 1.26 bits per heavy atom. The molecular weight excluding hydrogens is 448 g/mol. The largest absolute Gasteiger partial charge is 0.490 e. The number of nitrogens with zero attached hydrogens (tertiary/aromatic N) is 1. The highest BCUT2D eigenvalue weighted by atomic mass is 35.5. The number of carbonyl (C=O) groups is 2. The number of benzene rings is 1. The summed E-state index contributed by atoms with van der Waals surface area (Å²) in [6, 6.07) is 4.32. The molecule has 0 radical (unpaired) electrons. The first kappa shape index (κ1) is 22.8. The first-order chi connectivity index (χ1) is 14.6. The molecule has 4 rings (SSSR count). The molecule has 1 saturated carbocycles. The molecule has 1 amide bonds. The number of carboxylic acid groups (broad SMARTS) is 1. The van der Waals surface area contributed by atoms with Crippen molar-refractivity contribution < 1.29 is 37.0 Å². The van der Waals surface area contributed by atoms with Crippen LogP contribution >= 0.6 is 11.6 Å². The molecule has 2 aliphatic rings. The van der Waals surface area contributed by atoms with Crippen LogP contribution < -0.4 is 15.4 Å². The number of halogens is 5. The van der Waals surface area contributed by atoms with Crippen molar-refractivity contribution in [3.8, 4) is 5.75 Å². The summed E-state index contributed by atoms with van der Waals surface area (Å²) in [5, 5.41) is 19.9. The molecule has 31 heavy (non-hydrogen) atoms. The van der Waals surface area contributed by atoms with Crippen LogP contribution in [0, 0.1) is 5.82 Å². The van der Waals surface area contributed by atoms with Crippen LogP contribution in [0.1, 0.15) is 34.9 Å². The summed E-state index contributed by atoms with van der Waals surface area (Å²) in [5.74, 6) is -3.21. The third kappa shape index (κ3) is 5.85. The molecule has 1 saturated heterocycles. The highest BCUT2D eigenvalue weighted by Gasteiger charge is 2.38. The molecule has 1 aromatic carbocycles.